The maximum atomic E-state index is 13.4. The Balaban J connectivity index is 1.75. The standard InChI is InChI=1S/C28H37N3O2/c1-4-6-11-27(32)30(17-5-2)21-28(33)31(20-23-14-12-22(3)13-15-23)18-16-24-19-29-26-10-8-7-9-25(24)26/h7-10,12-15,19,29H,4-6,11,16-18,20-21H2,1-3H3. The molecule has 0 spiro atoms. The van der Waals surface area contributed by atoms with Crippen molar-refractivity contribution in [3.8, 4) is 0 Å². The number of aryl methyl sites for hydroxylation is 1. The molecule has 0 atom stereocenters. The van der Waals surface area contributed by atoms with Crippen LogP contribution in [0.2, 0.25) is 0 Å². The van der Waals surface area contributed by atoms with Crippen molar-refractivity contribution < 1.29 is 9.59 Å². The second-order valence-corrected chi connectivity index (χ2v) is 8.83. The van der Waals surface area contributed by atoms with Crippen molar-refractivity contribution in [3.63, 3.8) is 0 Å². The lowest BCUT2D eigenvalue weighted by Gasteiger charge is -2.28. The Labute approximate surface area is 197 Å². The fraction of sp³-hybridized carbons (Fsp3) is 0.429. The Morgan fingerprint density at radius 1 is 0.879 bits per heavy atom. The summed E-state index contributed by atoms with van der Waals surface area (Å²) in [6.07, 6.45) is 6.00. The van der Waals surface area contributed by atoms with E-state index in [1.54, 1.807) is 4.90 Å². The topological polar surface area (TPSA) is 56.4 Å². The molecule has 0 unspecified atom stereocenters. The van der Waals surface area contributed by atoms with Gasteiger partial charge in [0.15, 0.2) is 0 Å². The van der Waals surface area contributed by atoms with Gasteiger partial charge in [-0.1, -0.05) is 68.3 Å². The number of H-pyrrole nitrogens is 1. The predicted octanol–water partition coefficient (Wildman–Crippen LogP) is 5.48. The van der Waals surface area contributed by atoms with Crippen molar-refractivity contribution in [1.82, 2.24) is 14.8 Å². The van der Waals surface area contributed by atoms with Crippen LogP contribution in [0.3, 0.4) is 0 Å². The minimum Gasteiger partial charge on any atom is -0.361 e. The summed E-state index contributed by atoms with van der Waals surface area (Å²) in [5.74, 6) is 0.0904. The molecule has 2 aromatic carbocycles. The van der Waals surface area contributed by atoms with E-state index in [9.17, 15) is 9.59 Å². The number of hydrogen-bond donors (Lipinski definition) is 1. The fourth-order valence-electron chi connectivity index (χ4n) is 4.11. The lowest BCUT2D eigenvalue weighted by Crippen LogP contribution is -2.43. The van der Waals surface area contributed by atoms with Crippen LogP contribution >= 0.6 is 0 Å². The molecule has 5 heteroatoms. The van der Waals surface area contributed by atoms with Crippen LogP contribution in [-0.2, 0) is 22.6 Å². The number of nitrogens with one attached hydrogen (secondary N) is 1. The Kier molecular flexibility index (Phi) is 9.11. The number of amides is 2. The van der Waals surface area contributed by atoms with Crippen LogP contribution in [0.4, 0.5) is 0 Å². The van der Waals surface area contributed by atoms with Crippen LogP contribution in [0.25, 0.3) is 10.9 Å². The van der Waals surface area contributed by atoms with Crippen LogP contribution in [-0.4, -0.2) is 46.2 Å². The Hall–Kier alpha value is -3.08. The number of hydrogen-bond acceptors (Lipinski definition) is 2. The number of unbranched alkanes of at least 4 members (excludes halogenated alkanes) is 1. The molecule has 0 aliphatic rings. The summed E-state index contributed by atoms with van der Waals surface area (Å²) in [5, 5.41) is 1.20. The third kappa shape index (κ3) is 6.95. The van der Waals surface area contributed by atoms with Gasteiger partial charge >= 0.3 is 0 Å². The molecule has 0 saturated heterocycles. The van der Waals surface area contributed by atoms with Gasteiger partial charge in [0.05, 0.1) is 6.54 Å². The summed E-state index contributed by atoms with van der Waals surface area (Å²) >= 11 is 0. The number of benzene rings is 2. The first kappa shape index (κ1) is 24.6. The molecule has 0 bridgehead atoms. The van der Waals surface area contributed by atoms with Gasteiger partial charge in [0.1, 0.15) is 0 Å². The van der Waals surface area contributed by atoms with Gasteiger partial charge in [0.2, 0.25) is 11.8 Å². The van der Waals surface area contributed by atoms with Crippen LogP contribution in [0.15, 0.2) is 54.7 Å². The summed E-state index contributed by atoms with van der Waals surface area (Å²) in [4.78, 5) is 33.1. The van der Waals surface area contributed by atoms with Crippen molar-refractivity contribution in [3.05, 3.63) is 71.4 Å². The molecule has 0 aliphatic carbocycles. The molecular formula is C28H37N3O2. The van der Waals surface area contributed by atoms with E-state index in [4.69, 9.17) is 0 Å². The summed E-state index contributed by atoms with van der Waals surface area (Å²) in [6.45, 7) is 8.12. The van der Waals surface area contributed by atoms with Gasteiger partial charge in [-0.05, 0) is 43.4 Å². The molecule has 2 amide bonds. The van der Waals surface area contributed by atoms with Crippen molar-refractivity contribution in [1.29, 1.82) is 0 Å². The van der Waals surface area contributed by atoms with Crippen LogP contribution in [0.5, 0.6) is 0 Å². The number of aromatic nitrogens is 1. The quantitative estimate of drug-likeness (QED) is 0.400. The predicted molar refractivity (Wildman–Crippen MR) is 135 cm³/mol. The summed E-state index contributed by atoms with van der Waals surface area (Å²) in [6, 6.07) is 16.6. The fourth-order valence-corrected chi connectivity index (χ4v) is 4.11. The average Bonchev–Trinajstić information content (AvgIpc) is 3.24. The minimum atomic E-state index is 0.00807. The summed E-state index contributed by atoms with van der Waals surface area (Å²) in [7, 11) is 0. The second-order valence-electron chi connectivity index (χ2n) is 8.83. The summed E-state index contributed by atoms with van der Waals surface area (Å²) < 4.78 is 0. The Bertz CT molecular complexity index is 1040. The van der Waals surface area contributed by atoms with Gasteiger partial charge in [-0.25, -0.2) is 0 Å². The van der Waals surface area contributed by atoms with E-state index in [0.29, 0.717) is 26.1 Å². The number of carbonyl (C=O) groups is 2. The second kappa shape index (κ2) is 12.2. The molecule has 0 radical (unpaired) electrons. The SMILES string of the molecule is CCCCC(=O)N(CCC)CC(=O)N(CCc1c[nH]c2ccccc12)Cc1ccc(C)cc1. The number of rotatable bonds is 12. The van der Waals surface area contributed by atoms with E-state index in [1.165, 1.54) is 16.5 Å². The zero-order valence-corrected chi connectivity index (χ0v) is 20.3. The number of aromatic amines is 1. The first-order chi connectivity index (χ1) is 16.0. The van der Waals surface area contributed by atoms with E-state index >= 15 is 0 Å². The zero-order chi connectivity index (χ0) is 23.6. The van der Waals surface area contributed by atoms with E-state index in [-0.39, 0.29) is 18.4 Å². The summed E-state index contributed by atoms with van der Waals surface area (Å²) in [5.41, 5.74) is 4.62. The molecule has 1 heterocycles. The lowest BCUT2D eigenvalue weighted by molar-refractivity contribution is -0.141. The molecule has 3 rings (SSSR count). The van der Waals surface area contributed by atoms with Crippen molar-refractivity contribution >= 4 is 22.7 Å². The number of nitrogens with zero attached hydrogens (tertiary/aromatic N) is 2. The third-order valence-corrected chi connectivity index (χ3v) is 6.09. The molecule has 5 nitrogen and oxygen atoms in total. The molecule has 176 valence electrons. The average molecular weight is 448 g/mol. The zero-order valence-electron chi connectivity index (χ0n) is 20.3. The van der Waals surface area contributed by atoms with E-state index < -0.39 is 0 Å². The van der Waals surface area contributed by atoms with Gasteiger partial charge in [-0.2, -0.15) is 0 Å². The number of fused-ring (bicyclic) bond motifs is 1. The molecule has 0 saturated carbocycles. The van der Waals surface area contributed by atoms with Crippen molar-refractivity contribution in [2.45, 2.75) is 59.4 Å². The number of carbonyl (C=O) groups excluding carboxylic acids is 2. The largest absolute Gasteiger partial charge is 0.361 e. The highest BCUT2D eigenvalue weighted by Crippen LogP contribution is 2.19. The molecular weight excluding hydrogens is 410 g/mol. The molecule has 3 aromatic rings. The lowest BCUT2D eigenvalue weighted by atomic mass is 10.1. The normalized spacial score (nSPS) is 11.0. The van der Waals surface area contributed by atoms with Gasteiger partial charge in [0.25, 0.3) is 0 Å². The number of para-hydroxylation sites is 1. The van der Waals surface area contributed by atoms with Gasteiger partial charge in [-0.3, -0.25) is 9.59 Å². The molecule has 33 heavy (non-hydrogen) atoms. The molecule has 0 aliphatic heterocycles. The maximum absolute atomic E-state index is 13.4. The maximum Gasteiger partial charge on any atom is 0.242 e. The van der Waals surface area contributed by atoms with Crippen molar-refractivity contribution in [2.75, 3.05) is 19.6 Å². The minimum absolute atomic E-state index is 0.00807. The van der Waals surface area contributed by atoms with Crippen LogP contribution in [0, 0.1) is 6.92 Å². The highest BCUT2D eigenvalue weighted by molar-refractivity contribution is 5.85. The van der Waals surface area contributed by atoms with E-state index in [0.717, 1.165) is 36.8 Å². The van der Waals surface area contributed by atoms with E-state index in [2.05, 4.69) is 55.2 Å². The monoisotopic (exact) mass is 447 g/mol. The molecule has 1 N–H and O–H groups in total. The molecule has 1 aromatic heterocycles. The highest BCUT2D eigenvalue weighted by Gasteiger charge is 2.21. The van der Waals surface area contributed by atoms with E-state index in [1.807, 2.05) is 30.2 Å². The first-order valence-corrected chi connectivity index (χ1v) is 12.2. The highest BCUT2D eigenvalue weighted by atomic mass is 16.2. The smallest absolute Gasteiger partial charge is 0.242 e. The van der Waals surface area contributed by atoms with Gasteiger partial charge in [0, 0.05) is 43.2 Å². The van der Waals surface area contributed by atoms with Gasteiger partial charge < -0.3 is 14.8 Å². The Morgan fingerprint density at radius 3 is 2.36 bits per heavy atom. The molecule has 0 fully saturated rings. The Morgan fingerprint density at radius 2 is 1.64 bits per heavy atom. The third-order valence-electron chi connectivity index (χ3n) is 6.09. The van der Waals surface area contributed by atoms with Gasteiger partial charge in [-0.15, -0.1) is 0 Å². The van der Waals surface area contributed by atoms with Crippen LogP contribution in [0.1, 0.15) is 56.2 Å². The van der Waals surface area contributed by atoms with Crippen LogP contribution < -0.4 is 0 Å². The van der Waals surface area contributed by atoms with Crippen molar-refractivity contribution in [2.24, 2.45) is 0 Å². The first-order valence-electron chi connectivity index (χ1n) is 12.2.